The zero-order valence-corrected chi connectivity index (χ0v) is 27.5. The molecule has 246 valence electrons. The summed E-state index contributed by atoms with van der Waals surface area (Å²) >= 11 is 0. The fraction of sp³-hybridized carbons (Fsp3) is 0.647. The second-order valence-electron chi connectivity index (χ2n) is 10.5. The number of esters is 2. The van der Waals surface area contributed by atoms with Crippen molar-refractivity contribution in [2.45, 2.75) is 129 Å². The number of unbranched alkanes of at least 4 members (excludes halogenated alkanes) is 12. The third-order valence-electron chi connectivity index (χ3n) is 6.43. The van der Waals surface area contributed by atoms with Crippen LogP contribution in [-0.2, 0) is 28.2 Å². The van der Waals surface area contributed by atoms with E-state index < -0.39 is 32.5 Å². The fourth-order valence-corrected chi connectivity index (χ4v) is 4.41. The summed E-state index contributed by atoms with van der Waals surface area (Å²) < 4.78 is 26.1. The van der Waals surface area contributed by atoms with Crippen molar-refractivity contribution in [3.05, 3.63) is 60.8 Å². The van der Waals surface area contributed by atoms with Crippen LogP contribution in [0.1, 0.15) is 123 Å². The first-order chi connectivity index (χ1) is 20.8. The molecule has 1 unspecified atom stereocenters. The lowest BCUT2D eigenvalue weighted by atomic mass is 10.0. The van der Waals surface area contributed by atoms with Crippen LogP contribution in [0.5, 0.6) is 0 Å². The molecule has 0 fully saturated rings. The molecule has 0 rings (SSSR count). The lowest BCUT2D eigenvalue weighted by Crippen LogP contribution is -2.29. The number of rotatable bonds is 28. The second-order valence-corrected chi connectivity index (χ2v) is 11.8. The smallest absolute Gasteiger partial charge is 0.462 e. The Labute approximate surface area is 260 Å². The van der Waals surface area contributed by atoms with E-state index in [-0.39, 0.29) is 19.4 Å². The molecule has 0 aromatic rings. The third kappa shape index (κ3) is 32.5. The van der Waals surface area contributed by atoms with Crippen molar-refractivity contribution in [1.29, 1.82) is 0 Å². The summed E-state index contributed by atoms with van der Waals surface area (Å²) in [4.78, 5) is 42.4. The standard InChI is InChI=1S/C34H57O8P/c1-3-5-7-9-11-13-15-17-19-21-23-25-27-29-34(36)42-32(31-41-43(37,38)39)30-40-33(35)28-26-24-22-20-18-16-14-12-10-8-6-4-2/h5,7,9,11,13,15,17,19,21,23,32H,3-4,6,8,10,12,14,16,18,20,22,24-31H2,1-2H3,(H2,37,38,39)/b7-5+,11-9+,15-13+,19-17+,23-21+. The van der Waals surface area contributed by atoms with Gasteiger partial charge < -0.3 is 19.3 Å². The molecule has 9 heteroatoms. The van der Waals surface area contributed by atoms with Gasteiger partial charge in [-0.3, -0.25) is 14.1 Å². The highest BCUT2D eigenvalue weighted by atomic mass is 31.2. The maximum absolute atomic E-state index is 12.3. The highest BCUT2D eigenvalue weighted by Gasteiger charge is 2.22. The fourth-order valence-electron chi connectivity index (χ4n) is 4.05. The lowest BCUT2D eigenvalue weighted by Gasteiger charge is -2.18. The summed E-state index contributed by atoms with van der Waals surface area (Å²) in [6.45, 7) is 3.43. The van der Waals surface area contributed by atoms with Crippen molar-refractivity contribution in [3.8, 4) is 0 Å². The first-order valence-electron chi connectivity index (χ1n) is 16.1. The summed E-state index contributed by atoms with van der Waals surface area (Å²) in [5.41, 5.74) is 0. The largest absolute Gasteiger partial charge is 0.469 e. The van der Waals surface area contributed by atoms with E-state index in [9.17, 15) is 14.2 Å². The maximum atomic E-state index is 12.3. The van der Waals surface area contributed by atoms with Crippen LogP contribution in [0.25, 0.3) is 0 Å². The van der Waals surface area contributed by atoms with Gasteiger partial charge in [-0.2, -0.15) is 0 Å². The SMILES string of the molecule is CC/C=C/C=C/C=C/C=C/C=C/CCCC(=O)OC(COC(=O)CCCCCCCCCCCCCC)COP(=O)(O)O. The van der Waals surface area contributed by atoms with Gasteiger partial charge in [-0.15, -0.1) is 0 Å². The van der Waals surface area contributed by atoms with E-state index >= 15 is 0 Å². The summed E-state index contributed by atoms with van der Waals surface area (Å²) in [6, 6.07) is 0. The minimum atomic E-state index is -4.76. The van der Waals surface area contributed by atoms with Gasteiger partial charge in [0.25, 0.3) is 0 Å². The van der Waals surface area contributed by atoms with Crippen LogP contribution in [0.3, 0.4) is 0 Å². The molecule has 0 radical (unpaired) electrons. The van der Waals surface area contributed by atoms with Crippen LogP contribution in [0.15, 0.2) is 60.8 Å². The van der Waals surface area contributed by atoms with E-state index in [1.165, 1.54) is 57.8 Å². The predicted molar refractivity (Wildman–Crippen MR) is 174 cm³/mol. The molecule has 0 aromatic carbocycles. The molecule has 0 saturated heterocycles. The molecule has 0 bridgehead atoms. The van der Waals surface area contributed by atoms with Crippen LogP contribution in [0.2, 0.25) is 0 Å². The molecule has 1 atom stereocenters. The lowest BCUT2D eigenvalue weighted by molar-refractivity contribution is -0.161. The Bertz CT molecular complexity index is 885. The molecule has 0 spiro atoms. The molecule has 0 saturated carbocycles. The summed E-state index contributed by atoms with van der Waals surface area (Å²) in [5.74, 6) is -0.978. The molecule has 0 aliphatic carbocycles. The number of hydrogen-bond donors (Lipinski definition) is 2. The molecular formula is C34H57O8P. The van der Waals surface area contributed by atoms with Crippen molar-refractivity contribution in [2.24, 2.45) is 0 Å². The predicted octanol–water partition coefficient (Wildman–Crippen LogP) is 9.00. The highest BCUT2D eigenvalue weighted by molar-refractivity contribution is 7.46. The average Bonchev–Trinajstić information content (AvgIpc) is 2.97. The van der Waals surface area contributed by atoms with Crippen molar-refractivity contribution < 1.29 is 37.9 Å². The van der Waals surface area contributed by atoms with Crippen LogP contribution in [-0.4, -0.2) is 41.0 Å². The van der Waals surface area contributed by atoms with E-state index in [2.05, 4.69) is 24.4 Å². The highest BCUT2D eigenvalue weighted by Crippen LogP contribution is 2.35. The van der Waals surface area contributed by atoms with Gasteiger partial charge in [0.15, 0.2) is 6.10 Å². The first-order valence-corrected chi connectivity index (χ1v) is 17.7. The molecule has 0 aliphatic heterocycles. The Morgan fingerprint density at radius 3 is 1.65 bits per heavy atom. The van der Waals surface area contributed by atoms with Gasteiger partial charge in [-0.05, 0) is 25.7 Å². The number of phosphoric ester groups is 1. The molecule has 2 N–H and O–H groups in total. The Morgan fingerprint density at radius 2 is 1.12 bits per heavy atom. The maximum Gasteiger partial charge on any atom is 0.469 e. The minimum absolute atomic E-state index is 0.114. The van der Waals surface area contributed by atoms with Crippen molar-refractivity contribution >= 4 is 19.8 Å². The zero-order valence-electron chi connectivity index (χ0n) is 26.6. The first kappa shape index (κ1) is 40.8. The summed E-state index contributed by atoms with van der Waals surface area (Å²) in [7, 11) is -4.76. The van der Waals surface area contributed by atoms with Gasteiger partial charge in [-0.1, -0.05) is 145 Å². The zero-order chi connectivity index (χ0) is 31.9. The van der Waals surface area contributed by atoms with Gasteiger partial charge in [0.2, 0.25) is 0 Å². The quantitative estimate of drug-likeness (QED) is 0.0383. The van der Waals surface area contributed by atoms with Gasteiger partial charge in [0.05, 0.1) is 6.61 Å². The van der Waals surface area contributed by atoms with Gasteiger partial charge >= 0.3 is 19.8 Å². The van der Waals surface area contributed by atoms with E-state index in [1.807, 2.05) is 54.7 Å². The Balaban J connectivity index is 4.18. The molecule has 0 amide bonds. The number of ether oxygens (including phenoxy) is 2. The Kier molecular flexibility index (Phi) is 28.2. The van der Waals surface area contributed by atoms with Gasteiger partial charge in [-0.25, -0.2) is 4.57 Å². The summed E-state index contributed by atoms with van der Waals surface area (Å²) in [6.07, 6.45) is 35.3. The molecule has 43 heavy (non-hydrogen) atoms. The van der Waals surface area contributed by atoms with Crippen molar-refractivity contribution in [3.63, 3.8) is 0 Å². The van der Waals surface area contributed by atoms with Gasteiger partial charge in [0.1, 0.15) is 6.61 Å². The monoisotopic (exact) mass is 624 g/mol. The van der Waals surface area contributed by atoms with Crippen LogP contribution in [0.4, 0.5) is 0 Å². The van der Waals surface area contributed by atoms with E-state index in [1.54, 1.807) is 0 Å². The average molecular weight is 625 g/mol. The van der Waals surface area contributed by atoms with Gasteiger partial charge in [0, 0.05) is 12.8 Å². The number of carbonyl (C=O) groups excluding carboxylic acids is 2. The topological polar surface area (TPSA) is 119 Å². The Hall–Kier alpha value is -2.25. The van der Waals surface area contributed by atoms with Crippen LogP contribution >= 0.6 is 7.82 Å². The van der Waals surface area contributed by atoms with E-state index in [0.29, 0.717) is 19.3 Å². The molecular weight excluding hydrogens is 567 g/mol. The third-order valence-corrected chi connectivity index (χ3v) is 6.91. The second kappa shape index (κ2) is 29.8. The van der Waals surface area contributed by atoms with E-state index in [4.69, 9.17) is 19.3 Å². The molecule has 0 aromatic heterocycles. The minimum Gasteiger partial charge on any atom is -0.462 e. The number of hydrogen-bond acceptors (Lipinski definition) is 6. The normalized spacial score (nSPS) is 13.3. The summed E-state index contributed by atoms with van der Waals surface area (Å²) in [5, 5.41) is 0. The van der Waals surface area contributed by atoms with E-state index in [0.717, 1.165) is 19.3 Å². The van der Waals surface area contributed by atoms with Crippen molar-refractivity contribution in [1.82, 2.24) is 0 Å². The van der Waals surface area contributed by atoms with Crippen LogP contribution in [0, 0.1) is 0 Å². The molecule has 8 nitrogen and oxygen atoms in total. The van der Waals surface area contributed by atoms with Crippen LogP contribution < -0.4 is 0 Å². The number of carbonyl (C=O) groups is 2. The number of allylic oxidation sites excluding steroid dienone is 10. The Morgan fingerprint density at radius 1 is 0.628 bits per heavy atom. The molecule has 0 heterocycles. The molecule has 0 aliphatic rings. The number of phosphoric acid groups is 1. The van der Waals surface area contributed by atoms with Crippen molar-refractivity contribution in [2.75, 3.05) is 13.2 Å².